The second-order valence-electron chi connectivity index (χ2n) is 17.4. The zero-order valence-corrected chi connectivity index (χ0v) is 37.9. The van der Waals surface area contributed by atoms with Gasteiger partial charge >= 0.3 is 12.0 Å². The zero-order valence-electron chi connectivity index (χ0n) is 37.9. The van der Waals surface area contributed by atoms with Crippen molar-refractivity contribution in [3.8, 4) is 17.0 Å². The van der Waals surface area contributed by atoms with Crippen LogP contribution in [0.3, 0.4) is 0 Å². The number of rotatable bonds is 20. The molecule has 1 unspecified atom stereocenters. The quantitative estimate of drug-likeness (QED) is 0.0456. The molecule has 5 aromatic carbocycles. The van der Waals surface area contributed by atoms with Gasteiger partial charge in [0.25, 0.3) is 0 Å². The maximum absolute atomic E-state index is 14.9. The van der Waals surface area contributed by atoms with E-state index in [-0.39, 0.29) is 56.9 Å². The molecule has 66 heavy (non-hydrogen) atoms. The number of piperazine rings is 1. The summed E-state index contributed by atoms with van der Waals surface area (Å²) >= 11 is 0. The van der Waals surface area contributed by atoms with E-state index in [2.05, 4.69) is 17.4 Å². The Bertz CT molecular complexity index is 2540. The van der Waals surface area contributed by atoms with Gasteiger partial charge in [0.2, 0.25) is 11.8 Å². The second-order valence-corrected chi connectivity index (χ2v) is 17.4. The van der Waals surface area contributed by atoms with Gasteiger partial charge in [-0.3, -0.25) is 14.4 Å². The van der Waals surface area contributed by atoms with Gasteiger partial charge in [0.05, 0.1) is 19.6 Å². The lowest BCUT2D eigenvalue weighted by Crippen LogP contribution is -2.76. The minimum absolute atomic E-state index is 0.0685. The van der Waals surface area contributed by atoms with E-state index in [1.807, 2.05) is 121 Å². The number of carbonyl (C=O) groups is 4. The average Bonchev–Trinajstić information content (AvgIpc) is 3.81. The van der Waals surface area contributed by atoms with Crippen molar-refractivity contribution in [1.29, 1.82) is 0 Å². The molecule has 3 heterocycles. The number of ether oxygens (including phenoxy) is 1. The van der Waals surface area contributed by atoms with Gasteiger partial charge in [-0.1, -0.05) is 179 Å². The molecule has 0 bridgehead atoms. The molecule has 2 atom stereocenters. The number of hydrogen-bond acceptors (Lipinski definition) is 8. The summed E-state index contributed by atoms with van der Waals surface area (Å²) in [4.78, 5) is 60.3. The van der Waals surface area contributed by atoms with E-state index in [1.165, 1.54) is 38.5 Å². The van der Waals surface area contributed by atoms with Gasteiger partial charge in [0.1, 0.15) is 23.7 Å². The summed E-state index contributed by atoms with van der Waals surface area (Å²) in [7, 11) is 0. The second kappa shape index (κ2) is 22.4. The van der Waals surface area contributed by atoms with Crippen LogP contribution in [-0.4, -0.2) is 74.1 Å². The number of hydrazine groups is 1. The molecule has 342 valence electrons. The Labute approximate surface area is 387 Å². The monoisotopic (exact) mass is 888 g/mol. The van der Waals surface area contributed by atoms with Crippen LogP contribution in [0.25, 0.3) is 22.0 Å². The molecule has 2 aliphatic rings. The fourth-order valence-corrected chi connectivity index (χ4v) is 9.16. The van der Waals surface area contributed by atoms with Gasteiger partial charge in [-0.05, 0) is 46.0 Å². The van der Waals surface area contributed by atoms with Crippen LogP contribution < -0.4 is 10.1 Å². The highest BCUT2D eigenvalue weighted by Gasteiger charge is 2.51. The van der Waals surface area contributed by atoms with Crippen LogP contribution in [-0.2, 0) is 40.4 Å². The predicted molar refractivity (Wildman–Crippen MR) is 254 cm³/mol. The molecule has 6 aromatic rings. The smallest absolute Gasteiger partial charge is 0.334 e. The first-order valence-electron chi connectivity index (χ1n) is 23.6. The topological polar surface area (TPSA) is 129 Å². The van der Waals surface area contributed by atoms with Crippen molar-refractivity contribution >= 4 is 34.6 Å². The fraction of sp³-hybridized carbons (Fsp3) is 0.352. The molecule has 0 saturated carbocycles. The van der Waals surface area contributed by atoms with Crippen molar-refractivity contribution in [3.05, 3.63) is 156 Å². The maximum Gasteiger partial charge on any atom is 0.334 e. The zero-order chi connectivity index (χ0) is 45.7. The van der Waals surface area contributed by atoms with Crippen molar-refractivity contribution in [2.24, 2.45) is 0 Å². The summed E-state index contributed by atoms with van der Waals surface area (Å²) in [5.41, 5.74) is 4.17. The first-order valence-corrected chi connectivity index (χ1v) is 23.6. The number of unbranched alkanes of at least 4 members (excludes halogenated alkanes) is 8. The summed E-state index contributed by atoms with van der Waals surface area (Å²) in [5.74, 6) is 0.126. The molecule has 0 radical (unpaired) electrons. The van der Waals surface area contributed by atoms with E-state index < -0.39 is 18.2 Å². The van der Waals surface area contributed by atoms with Crippen LogP contribution in [0.15, 0.2) is 138 Å². The minimum atomic E-state index is -0.937. The fourth-order valence-electron chi connectivity index (χ4n) is 9.16. The van der Waals surface area contributed by atoms with Gasteiger partial charge in [-0.25, -0.2) is 9.80 Å². The molecule has 12 nitrogen and oxygen atoms in total. The molecule has 12 heteroatoms. The molecule has 0 spiro atoms. The van der Waals surface area contributed by atoms with Crippen molar-refractivity contribution < 1.29 is 28.4 Å². The van der Waals surface area contributed by atoms with E-state index in [1.54, 1.807) is 32.0 Å². The van der Waals surface area contributed by atoms with E-state index in [0.29, 0.717) is 23.6 Å². The lowest BCUT2D eigenvalue weighted by molar-refractivity contribution is -0.193. The Kier molecular flexibility index (Phi) is 15.5. The highest BCUT2D eigenvalue weighted by atomic mass is 16.5. The first kappa shape index (κ1) is 45.8. The summed E-state index contributed by atoms with van der Waals surface area (Å²) in [6, 6.07) is 41.0. The molecule has 4 amide bonds. The van der Waals surface area contributed by atoms with Crippen LogP contribution >= 0.6 is 0 Å². The third-order valence-corrected chi connectivity index (χ3v) is 12.6. The molecule has 8 rings (SSSR count). The minimum Gasteiger partial charge on any atom is -0.427 e. The first-order chi connectivity index (χ1) is 32.3. The number of carbonyl (C=O) groups excluding carboxylic acids is 4. The number of aromatic nitrogens is 1. The Balaban J connectivity index is 1.04. The molecule has 0 aliphatic carbocycles. The average molecular weight is 889 g/mol. The van der Waals surface area contributed by atoms with Crippen LogP contribution in [0.1, 0.15) is 93.6 Å². The Morgan fingerprint density at radius 2 is 1.42 bits per heavy atom. The SMILES string of the molecule is CCCCCCCCCCCC(=O)Oc1ccc(C[C@H]2C(=O)N(Cc3cccc4ccccc34)CC3N2C(=O)CN(Cc2cc(-c4ccccc4)no2)N3C(=O)NCc2ccccc2)cc1. The lowest BCUT2D eigenvalue weighted by atomic mass is 9.97. The molecular weight excluding hydrogens is 829 g/mol. The standard InChI is InChI=1S/C54H60N6O6/c1-2-3-4-5-6-7-8-9-16-28-52(62)65-45-31-29-40(30-32-45)33-49-53(63)57(36-44-26-19-25-42-22-17-18-27-47(42)44)38-50-59(49)51(61)39-58(60(50)54(64)55-35-41-20-12-10-13-21-41)37-46-34-48(56-66-46)43-23-14-11-15-24-43/h10-15,17-27,29-32,34,49-50H,2-9,16,28,33,35-39H2,1H3,(H,55,64)/t49-,50?/m0/s1. The third-order valence-electron chi connectivity index (χ3n) is 12.6. The Morgan fingerprint density at radius 3 is 2.18 bits per heavy atom. The number of nitrogens with one attached hydrogen (secondary N) is 1. The molecule has 1 N–H and O–H groups in total. The largest absolute Gasteiger partial charge is 0.427 e. The number of urea groups is 1. The van der Waals surface area contributed by atoms with Gasteiger partial charge < -0.3 is 24.4 Å². The van der Waals surface area contributed by atoms with Crippen molar-refractivity contribution in [2.45, 2.75) is 109 Å². The molecule has 2 fully saturated rings. The predicted octanol–water partition coefficient (Wildman–Crippen LogP) is 10.1. The number of hydrogen-bond donors (Lipinski definition) is 1. The molecule has 1 aromatic heterocycles. The highest BCUT2D eigenvalue weighted by Crippen LogP contribution is 2.32. The number of esters is 1. The Hall–Kier alpha value is -6.79. The number of benzene rings is 5. The van der Waals surface area contributed by atoms with Gasteiger partial charge in [-0.15, -0.1) is 0 Å². The maximum atomic E-state index is 14.9. The third kappa shape index (κ3) is 11.5. The van der Waals surface area contributed by atoms with Gasteiger partial charge in [0, 0.05) is 37.6 Å². The van der Waals surface area contributed by atoms with Crippen LogP contribution in [0.2, 0.25) is 0 Å². The summed E-state index contributed by atoms with van der Waals surface area (Å²) in [6.45, 7) is 2.71. The summed E-state index contributed by atoms with van der Waals surface area (Å²) in [5, 5.41) is 12.8. The number of fused-ring (bicyclic) bond motifs is 2. The van der Waals surface area contributed by atoms with Crippen molar-refractivity contribution in [1.82, 2.24) is 30.3 Å². The van der Waals surface area contributed by atoms with E-state index in [9.17, 15) is 19.2 Å². The molecule has 2 saturated heterocycles. The van der Waals surface area contributed by atoms with E-state index in [0.717, 1.165) is 52.3 Å². The Morgan fingerprint density at radius 1 is 0.742 bits per heavy atom. The normalized spacial score (nSPS) is 16.4. The molecule has 2 aliphatic heterocycles. The van der Waals surface area contributed by atoms with Crippen LogP contribution in [0.5, 0.6) is 5.75 Å². The summed E-state index contributed by atoms with van der Waals surface area (Å²) in [6.07, 6.45) is 10.2. The van der Waals surface area contributed by atoms with E-state index >= 15 is 0 Å². The van der Waals surface area contributed by atoms with Gasteiger partial charge in [0.15, 0.2) is 5.76 Å². The van der Waals surface area contributed by atoms with E-state index in [4.69, 9.17) is 9.26 Å². The molecular formula is C54H60N6O6. The lowest BCUT2D eigenvalue weighted by Gasteiger charge is -2.55. The number of amides is 4. The van der Waals surface area contributed by atoms with Crippen LogP contribution in [0, 0.1) is 0 Å². The number of nitrogens with zero attached hydrogens (tertiary/aromatic N) is 5. The van der Waals surface area contributed by atoms with Crippen molar-refractivity contribution in [2.75, 3.05) is 13.1 Å². The van der Waals surface area contributed by atoms with Crippen molar-refractivity contribution in [3.63, 3.8) is 0 Å². The van der Waals surface area contributed by atoms with Crippen LogP contribution in [0.4, 0.5) is 4.79 Å². The summed E-state index contributed by atoms with van der Waals surface area (Å²) < 4.78 is 11.5. The van der Waals surface area contributed by atoms with Gasteiger partial charge in [-0.2, -0.15) is 5.01 Å². The highest BCUT2D eigenvalue weighted by molar-refractivity contribution is 5.92.